The van der Waals surface area contributed by atoms with Crippen molar-refractivity contribution in [2.24, 2.45) is 0 Å². The van der Waals surface area contributed by atoms with E-state index >= 15 is 0 Å². The van der Waals surface area contributed by atoms with Crippen LogP contribution in [-0.2, 0) is 0 Å². The molecule has 1 aliphatic heterocycles. The molecule has 1 heterocycles. The molecule has 0 saturated carbocycles. The van der Waals surface area contributed by atoms with Gasteiger partial charge >= 0.3 is 0 Å². The first-order valence-corrected chi connectivity index (χ1v) is 7.93. The maximum Gasteiger partial charge on any atom is 0.164 e. The quantitative estimate of drug-likeness (QED) is 0.796. The average Bonchev–Trinajstić information content (AvgIpc) is 2.45. The summed E-state index contributed by atoms with van der Waals surface area (Å²) < 4.78 is 0. The van der Waals surface area contributed by atoms with Crippen molar-refractivity contribution in [1.29, 1.82) is 0 Å². The Labute approximate surface area is 128 Å². The van der Waals surface area contributed by atoms with Gasteiger partial charge in [0.1, 0.15) is 0 Å². The molecule has 3 heteroatoms. The molecule has 0 aromatic heterocycles. The van der Waals surface area contributed by atoms with Gasteiger partial charge in [0.15, 0.2) is 5.78 Å². The van der Waals surface area contributed by atoms with Crippen LogP contribution in [0.25, 0.3) is 0 Å². The molecule has 0 unspecified atom stereocenters. The summed E-state index contributed by atoms with van der Waals surface area (Å²) in [4.78, 5) is 17.1. The summed E-state index contributed by atoms with van der Waals surface area (Å²) in [7, 11) is 0. The number of hydrogen-bond donors (Lipinski definition) is 0. The maximum atomic E-state index is 12.2. The summed E-state index contributed by atoms with van der Waals surface area (Å²) in [5.74, 6) is 0.258. The Kier molecular flexibility index (Phi) is 5.17. The fourth-order valence-electron chi connectivity index (χ4n) is 2.79. The van der Waals surface area contributed by atoms with Crippen molar-refractivity contribution < 1.29 is 4.79 Å². The molecule has 1 aromatic rings. The number of ketones is 1. The van der Waals surface area contributed by atoms with E-state index in [2.05, 4.69) is 30.6 Å². The molecule has 1 fully saturated rings. The van der Waals surface area contributed by atoms with Crippen molar-refractivity contribution in [1.82, 2.24) is 9.80 Å². The van der Waals surface area contributed by atoms with Crippen LogP contribution in [0.2, 0.25) is 0 Å². The number of benzene rings is 1. The van der Waals surface area contributed by atoms with Crippen molar-refractivity contribution in [3.05, 3.63) is 35.4 Å². The lowest BCUT2D eigenvalue weighted by atomic mass is 10.0. The molecule has 0 atom stereocenters. The lowest BCUT2D eigenvalue weighted by Gasteiger charge is -2.42. The zero-order chi connectivity index (χ0) is 15.5. The first kappa shape index (κ1) is 16.2. The zero-order valence-electron chi connectivity index (χ0n) is 13.9. The van der Waals surface area contributed by atoms with E-state index in [0.717, 1.165) is 38.3 Å². The largest absolute Gasteiger partial charge is 0.300 e. The third-order valence-corrected chi connectivity index (χ3v) is 4.35. The highest BCUT2D eigenvalue weighted by Gasteiger charge is 2.25. The second kappa shape index (κ2) is 6.71. The van der Waals surface area contributed by atoms with E-state index in [1.165, 1.54) is 5.56 Å². The molecular weight excluding hydrogens is 260 g/mol. The molecule has 0 N–H and O–H groups in total. The predicted octanol–water partition coefficient (Wildman–Crippen LogP) is 2.98. The van der Waals surface area contributed by atoms with E-state index in [-0.39, 0.29) is 11.3 Å². The lowest BCUT2D eigenvalue weighted by Crippen LogP contribution is -2.53. The molecule has 0 bridgehead atoms. The Morgan fingerprint density at radius 3 is 2.14 bits per heavy atom. The summed E-state index contributed by atoms with van der Waals surface area (Å²) >= 11 is 0. The highest BCUT2D eigenvalue weighted by Crippen LogP contribution is 2.16. The minimum absolute atomic E-state index is 0.254. The molecule has 1 saturated heterocycles. The Morgan fingerprint density at radius 1 is 1.05 bits per heavy atom. The van der Waals surface area contributed by atoms with Gasteiger partial charge in [0.25, 0.3) is 0 Å². The van der Waals surface area contributed by atoms with Gasteiger partial charge in [0, 0.05) is 50.2 Å². The van der Waals surface area contributed by atoms with Gasteiger partial charge in [-0.1, -0.05) is 29.8 Å². The van der Waals surface area contributed by atoms with Gasteiger partial charge in [-0.2, -0.15) is 0 Å². The van der Waals surface area contributed by atoms with Crippen LogP contribution in [0.5, 0.6) is 0 Å². The lowest BCUT2D eigenvalue weighted by molar-refractivity contribution is 0.0602. The smallest absolute Gasteiger partial charge is 0.164 e. The van der Waals surface area contributed by atoms with Crippen LogP contribution >= 0.6 is 0 Å². The number of rotatable bonds is 4. The Bertz CT molecular complexity index is 465. The van der Waals surface area contributed by atoms with Crippen LogP contribution in [0, 0.1) is 6.92 Å². The molecule has 116 valence electrons. The Balaban J connectivity index is 1.77. The Hall–Kier alpha value is -1.19. The molecule has 3 nitrogen and oxygen atoms in total. The molecule has 0 amide bonds. The summed E-state index contributed by atoms with van der Waals surface area (Å²) in [5, 5.41) is 0. The van der Waals surface area contributed by atoms with Crippen molar-refractivity contribution in [3.8, 4) is 0 Å². The average molecular weight is 288 g/mol. The number of hydrogen-bond acceptors (Lipinski definition) is 3. The van der Waals surface area contributed by atoms with Crippen LogP contribution in [-0.4, -0.2) is 53.8 Å². The molecule has 0 spiro atoms. The Morgan fingerprint density at radius 2 is 1.62 bits per heavy atom. The minimum Gasteiger partial charge on any atom is -0.300 e. The van der Waals surface area contributed by atoms with Crippen molar-refractivity contribution in [2.45, 2.75) is 39.7 Å². The van der Waals surface area contributed by atoms with E-state index in [1.807, 2.05) is 31.2 Å². The van der Waals surface area contributed by atoms with Gasteiger partial charge in [0.2, 0.25) is 0 Å². The van der Waals surface area contributed by atoms with E-state index in [1.54, 1.807) is 0 Å². The number of nitrogens with zero attached hydrogens (tertiary/aromatic N) is 2. The highest BCUT2D eigenvalue weighted by atomic mass is 16.1. The molecule has 1 aromatic carbocycles. The zero-order valence-corrected chi connectivity index (χ0v) is 13.9. The summed E-state index contributed by atoms with van der Waals surface area (Å²) in [6.07, 6.45) is 0.624. The molecule has 0 radical (unpaired) electrons. The van der Waals surface area contributed by atoms with Crippen LogP contribution in [0.4, 0.5) is 0 Å². The van der Waals surface area contributed by atoms with Gasteiger partial charge in [0.05, 0.1) is 0 Å². The van der Waals surface area contributed by atoms with Gasteiger partial charge in [-0.25, -0.2) is 0 Å². The number of piperazine rings is 1. The third-order valence-electron chi connectivity index (χ3n) is 4.35. The van der Waals surface area contributed by atoms with Crippen molar-refractivity contribution >= 4 is 5.78 Å². The maximum absolute atomic E-state index is 12.2. The van der Waals surface area contributed by atoms with Gasteiger partial charge < -0.3 is 4.90 Å². The number of carbonyl (C=O) groups excluding carboxylic acids is 1. The fourth-order valence-corrected chi connectivity index (χ4v) is 2.79. The van der Waals surface area contributed by atoms with E-state index in [4.69, 9.17) is 0 Å². The standard InChI is InChI=1S/C18H28N2O/c1-15-5-7-16(8-6-15)17(21)9-10-19-11-13-20(14-12-19)18(2,3)4/h5-8H,9-14H2,1-4H3. The molecule has 21 heavy (non-hydrogen) atoms. The molecule has 2 rings (SSSR count). The predicted molar refractivity (Wildman–Crippen MR) is 87.9 cm³/mol. The highest BCUT2D eigenvalue weighted by molar-refractivity contribution is 5.96. The topological polar surface area (TPSA) is 23.6 Å². The SMILES string of the molecule is Cc1ccc(C(=O)CCN2CCN(C(C)(C)C)CC2)cc1. The molecular formula is C18H28N2O. The first-order chi connectivity index (χ1) is 9.86. The summed E-state index contributed by atoms with van der Waals surface area (Å²) in [6.45, 7) is 14.1. The second-order valence-corrected chi connectivity index (χ2v) is 7.04. The molecule has 0 aliphatic carbocycles. The van der Waals surface area contributed by atoms with Crippen LogP contribution in [0.3, 0.4) is 0 Å². The molecule has 1 aliphatic rings. The van der Waals surface area contributed by atoms with E-state index in [0.29, 0.717) is 6.42 Å². The van der Waals surface area contributed by atoms with E-state index < -0.39 is 0 Å². The number of Topliss-reactive ketones (excluding diaryl/α,β-unsaturated/α-hetero) is 1. The normalized spacial score (nSPS) is 17.9. The fraction of sp³-hybridized carbons (Fsp3) is 0.611. The van der Waals surface area contributed by atoms with Crippen LogP contribution in [0.15, 0.2) is 24.3 Å². The minimum atomic E-state index is 0.254. The van der Waals surface area contributed by atoms with Crippen molar-refractivity contribution in [3.63, 3.8) is 0 Å². The number of carbonyl (C=O) groups is 1. The van der Waals surface area contributed by atoms with Gasteiger partial charge in [-0.05, 0) is 27.7 Å². The van der Waals surface area contributed by atoms with Crippen LogP contribution in [0.1, 0.15) is 43.1 Å². The summed E-state index contributed by atoms with van der Waals surface area (Å²) in [5.41, 5.74) is 2.29. The second-order valence-electron chi connectivity index (χ2n) is 7.04. The van der Waals surface area contributed by atoms with Gasteiger partial charge in [-0.15, -0.1) is 0 Å². The van der Waals surface area contributed by atoms with Crippen molar-refractivity contribution in [2.75, 3.05) is 32.7 Å². The third kappa shape index (κ3) is 4.65. The monoisotopic (exact) mass is 288 g/mol. The first-order valence-electron chi connectivity index (χ1n) is 7.93. The van der Waals surface area contributed by atoms with E-state index in [9.17, 15) is 4.79 Å². The van der Waals surface area contributed by atoms with Crippen LogP contribution < -0.4 is 0 Å². The van der Waals surface area contributed by atoms with Gasteiger partial charge in [-0.3, -0.25) is 9.69 Å². The summed E-state index contributed by atoms with van der Waals surface area (Å²) in [6, 6.07) is 7.90. The number of aryl methyl sites for hydroxylation is 1.